The van der Waals surface area contributed by atoms with Crippen molar-refractivity contribution in [1.29, 1.82) is 0 Å². The predicted octanol–water partition coefficient (Wildman–Crippen LogP) is -3.36. The first-order valence-electron chi connectivity index (χ1n) is 4.41. The Bertz CT molecular complexity index is 179. The average Bonchev–Trinajstić information content (AvgIpc) is 3.12. The summed E-state index contributed by atoms with van der Waals surface area (Å²) in [6.45, 7) is 0.313. The fourth-order valence-corrected chi connectivity index (χ4v) is 0.602. The number of hydrogen-bond acceptors (Lipinski definition) is 7. The predicted molar refractivity (Wildman–Crippen MR) is 48.0 cm³/mol. The molecule has 15 heavy (non-hydrogen) atoms. The second-order valence-corrected chi connectivity index (χ2v) is 2.92. The van der Waals surface area contributed by atoms with E-state index in [9.17, 15) is 4.79 Å². The van der Waals surface area contributed by atoms with Gasteiger partial charge in [0.25, 0.3) is 0 Å². The van der Waals surface area contributed by atoms with Crippen molar-refractivity contribution in [3.63, 3.8) is 0 Å². The van der Waals surface area contributed by atoms with Crippen molar-refractivity contribution in [2.24, 2.45) is 0 Å². The van der Waals surface area contributed by atoms with Crippen LogP contribution in [0.1, 0.15) is 0 Å². The number of carbonyl (C=O) groups excluding carboxylic acids is 1. The molecule has 0 saturated carbocycles. The van der Waals surface area contributed by atoms with E-state index in [0.29, 0.717) is 0 Å². The fraction of sp³-hybridized carbons (Fsp3) is 0.875. The van der Waals surface area contributed by atoms with Crippen molar-refractivity contribution in [2.45, 2.75) is 18.3 Å². The standard InChI is InChI=1S/C6H12O6.C2H4O/c7-1-3(9)5(11)6(12)4(10)2-8;1-2-3-1/h3,5-9,11-12H,1-2H2;1-2H2/t3-,5+,6+;/m1./s1. The Kier molecular flexibility index (Phi) is 7.39. The molecule has 0 amide bonds. The van der Waals surface area contributed by atoms with Crippen molar-refractivity contribution in [3.8, 4) is 0 Å². The van der Waals surface area contributed by atoms with E-state index in [1.807, 2.05) is 0 Å². The number of Topliss-reactive ketones (excluding diaryl/α,β-unsaturated/α-hetero) is 1. The monoisotopic (exact) mass is 224 g/mol. The van der Waals surface area contributed by atoms with Crippen molar-refractivity contribution in [3.05, 3.63) is 0 Å². The number of epoxide rings is 1. The molecule has 1 fully saturated rings. The largest absolute Gasteiger partial charge is 0.394 e. The van der Waals surface area contributed by atoms with Crippen LogP contribution in [0.4, 0.5) is 0 Å². The van der Waals surface area contributed by atoms with Gasteiger partial charge in [-0.2, -0.15) is 0 Å². The van der Waals surface area contributed by atoms with Crippen molar-refractivity contribution < 1.29 is 35.1 Å². The van der Waals surface area contributed by atoms with E-state index < -0.39 is 37.3 Å². The lowest BCUT2D eigenvalue weighted by molar-refractivity contribution is -0.142. The molecule has 0 aromatic carbocycles. The molecule has 0 aliphatic carbocycles. The van der Waals surface area contributed by atoms with Gasteiger partial charge in [0.15, 0.2) is 5.78 Å². The zero-order valence-electron chi connectivity index (χ0n) is 8.11. The number of ether oxygens (including phenoxy) is 1. The molecule has 0 unspecified atom stereocenters. The molecule has 5 N–H and O–H groups in total. The third-order valence-electron chi connectivity index (χ3n) is 1.59. The van der Waals surface area contributed by atoms with Crippen molar-refractivity contribution in [1.82, 2.24) is 0 Å². The average molecular weight is 224 g/mol. The maximum Gasteiger partial charge on any atom is 0.189 e. The van der Waals surface area contributed by atoms with Gasteiger partial charge in [-0.05, 0) is 0 Å². The van der Waals surface area contributed by atoms with Crippen LogP contribution in [0.2, 0.25) is 0 Å². The summed E-state index contributed by atoms with van der Waals surface area (Å²) in [5.74, 6) is -1.00. The highest BCUT2D eigenvalue weighted by Gasteiger charge is 2.28. The maximum absolute atomic E-state index is 10.5. The number of aliphatic hydroxyl groups is 5. The normalized spacial score (nSPS) is 19.5. The molecule has 1 heterocycles. The van der Waals surface area contributed by atoms with E-state index in [0.717, 1.165) is 13.2 Å². The van der Waals surface area contributed by atoms with E-state index in [2.05, 4.69) is 4.74 Å². The van der Waals surface area contributed by atoms with Crippen LogP contribution in [0, 0.1) is 0 Å². The fourth-order valence-electron chi connectivity index (χ4n) is 0.602. The topological polar surface area (TPSA) is 131 Å². The lowest BCUT2D eigenvalue weighted by atomic mass is 10.1. The molecule has 1 aliphatic rings. The van der Waals surface area contributed by atoms with E-state index in [1.165, 1.54) is 0 Å². The van der Waals surface area contributed by atoms with Crippen LogP contribution in [0.5, 0.6) is 0 Å². The van der Waals surface area contributed by atoms with E-state index >= 15 is 0 Å². The number of ketones is 1. The molecule has 3 atom stereocenters. The number of hydrogen-bond donors (Lipinski definition) is 5. The van der Waals surface area contributed by atoms with Crippen LogP contribution < -0.4 is 0 Å². The molecular formula is C8H16O7. The second-order valence-electron chi connectivity index (χ2n) is 2.92. The Labute approximate surface area is 86.5 Å². The zero-order chi connectivity index (χ0) is 11.8. The molecule has 0 spiro atoms. The molecule has 1 rings (SSSR count). The Morgan fingerprint density at radius 3 is 1.93 bits per heavy atom. The van der Waals surface area contributed by atoms with Gasteiger partial charge in [-0.15, -0.1) is 0 Å². The molecule has 0 radical (unpaired) electrons. The number of aliphatic hydroxyl groups excluding tert-OH is 5. The molecule has 90 valence electrons. The molecular weight excluding hydrogens is 208 g/mol. The molecule has 0 aromatic heterocycles. The quantitative estimate of drug-likeness (QED) is 0.308. The highest BCUT2D eigenvalue weighted by atomic mass is 16.6. The molecule has 1 saturated heterocycles. The van der Waals surface area contributed by atoms with Crippen LogP contribution in [0.3, 0.4) is 0 Å². The maximum atomic E-state index is 10.5. The molecule has 7 nitrogen and oxygen atoms in total. The summed E-state index contributed by atoms with van der Waals surface area (Å²) in [5, 5.41) is 43.1. The summed E-state index contributed by atoms with van der Waals surface area (Å²) in [6, 6.07) is 0. The van der Waals surface area contributed by atoms with Crippen molar-refractivity contribution >= 4 is 5.78 Å². The third-order valence-corrected chi connectivity index (χ3v) is 1.59. The highest BCUT2D eigenvalue weighted by Crippen LogP contribution is 2.00. The minimum Gasteiger partial charge on any atom is -0.394 e. The molecule has 7 heteroatoms. The van der Waals surface area contributed by atoms with Crippen LogP contribution in [-0.2, 0) is 9.53 Å². The van der Waals surface area contributed by atoms with Gasteiger partial charge in [0.05, 0.1) is 19.8 Å². The zero-order valence-corrected chi connectivity index (χ0v) is 8.11. The first-order valence-corrected chi connectivity index (χ1v) is 4.41. The Balaban J connectivity index is 0.000000548. The minimum atomic E-state index is -1.86. The first-order chi connectivity index (χ1) is 7.04. The van der Waals surface area contributed by atoms with Gasteiger partial charge in [0, 0.05) is 0 Å². The molecule has 1 aliphatic heterocycles. The Morgan fingerprint density at radius 1 is 1.20 bits per heavy atom. The van der Waals surface area contributed by atoms with E-state index in [-0.39, 0.29) is 0 Å². The first kappa shape index (κ1) is 14.4. The Morgan fingerprint density at radius 2 is 1.67 bits per heavy atom. The lowest BCUT2D eigenvalue weighted by Gasteiger charge is -2.19. The van der Waals surface area contributed by atoms with E-state index in [4.69, 9.17) is 25.5 Å². The summed E-state index contributed by atoms with van der Waals surface area (Å²) >= 11 is 0. The SMILES string of the molecule is C1CO1.O=C(CO)[C@H](O)[C@@H](O)[C@H](O)CO. The Hall–Kier alpha value is -0.570. The second kappa shape index (κ2) is 7.69. The van der Waals surface area contributed by atoms with Gasteiger partial charge < -0.3 is 30.3 Å². The van der Waals surface area contributed by atoms with Gasteiger partial charge in [-0.1, -0.05) is 0 Å². The third kappa shape index (κ3) is 6.50. The summed E-state index contributed by atoms with van der Waals surface area (Å²) in [5.41, 5.74) is 0. The van der Waals surface area contributed by atoms with E-state index in [1.54, 1.807) is 0 Å². The van der Waals surface area contributed by atoms with Crippen LogP contribution in [-0.4, -0.2) is 76.1 Å². The summed E-state index contributed by atoms with van der Waals surface area (Å²) in [7, 11) is 0. The highest BCUT2D eigenvalue weighted by molar-refractivity contribution is 5.84. The van der Waals surface area contributed by atoms with Gasteiger partial charge in [-0.3, -0.25) is 4.79 Å². The molecule has 0 bridgehead atoms. The molecule has 0 aromatic rings. The number of carbonyl (C=O) groups is 1. The van der Waals surface area contributed by atoms with Gasteiger partial charge in [0.2, 0.25) is 0 Å². The lowest BCUT2D eigenvalue weighted by Crippen LogP contribution is -2.44. The summed E-state index contributed by atoms with van der Waals surface area (Å²) in [6.07, 6.45) is -5.22. The smallest absolute Gasteiger partial charge is 0.189 e. The summed E-state index contributed by atoms with van der Waals surface area (Å²) < 4.78 is 4.50. The van der Waals surface area contributed by atoms with Crippen LogP contribution in [0.15, 0.2) is 0 Å². The number of rotatable bonds is 5. The van der Waals surface area contributed by atoms with Crippen LogP contribution in [0.25, 0.3) is 0 Å². The van der Waals surface area contributed by atoms with Gasteiger partial charge in [0.1, 0.15) is 24.9 Å². The van der Waals surface area contributed by atoms with Gasteiger partial charge in [-0.25, -0.2) is 0 Å². The van der Waals surface area contributed by atoms with Crippen molar-refractivity contribution in [2.75, 3.05) is 26.4 Å². The van der Waals surface area contributed by atoms with Crippen LogP contribution >= 0.6 is 0 Å². The minimum absolute atomic E-state index is 0.767. The van der Waals surface area contributed by atoms with Gasteiger partial charge >= 0.3 is 0 Å². The summed E-state index contributed by atoms with van der Waals surface area (Å²) in [4.78, 5) is 10.5.